The summed E-state index contributed by atoms with van der Waals surface area (Å²) in [7, 11) is 0. The summed E-state index contributed by atoms with van der Waals surface area (Å²) in [6, 6.07) is 8.19. The molecular formula is C19H29N3O3. The molecule has 25 heavy (non-hydrogen) atoms. The molecule has 0 saturated heterocycles. The zero-order chi connectivity index (χ0) is 19.0. The summed E-state index contributed by atoms with van der Waals surface area (Å²) < 4.78 is 0. The number of nitrogens with two attached hydrogens (primary N) is 1. The minimum Gasteiger partial charge on any atom is -0.351 e. The molecule has 0 aliphatic rings. The second-order valence-corrected chi connectivity index (χ2v) is 7.38. The van der Waals surface area contributed by atoms with Gasteiger partial charge in [0.2, 0.25) is 11.8 Å². The second kappa shape index (κ2) is 9.32. The molecule has 0 spiro atoms. The van der Waals surface area contributed by atoms with E-state index in [0.717, 1.165) is 5.56 Å². The SMILES string of the molecule is C[C@H](NC(=O)C[C@@H](N)CC(=O)NC(C)(C)C)C(=O)Cc1ccccc1. The Balaban J connectivity index is 2.39. The number of carbonyl (C=O) groups is 3. The molecular weight excluding hydrogens is 318 g/mol. The number of nitrogens with one attached hydrogen (secondary N) is 2. The maximum absolute atomic E-state index is 12.2. The highest BCUT2D eigenvalue weighted by molar-refractivity contribution is 5.90. The molecule has 4 N–H and O–H groups in total. The third-order valence-electron chi connectivity index (χ3n) is 3.49. The van der Waals surface area contributed by atoms with Gasteiger partial charge in [-0.25, -0.2) is 0 Å². The first kappa shape index (κ1) is 20.8. The predicted octanol–water partition coefficient (Wildman–Crippen LogP) is 1.33. The van der Waals surface area contributed by atoms with Crippen LogP contribution in [0.1, 0.15) is 46.1 Å². The lowest BCUT2D eigenvalue weighted by molar-refractivity contribution is -0.127. The van der Waals surface area contributed by atoms with Gasteiger partial charge >= 0.3 is 0 Å². The summed E-state index contributed by atoms with van der Waals surface area (Å²) >= 11 is 0. The molecule has 0 aliphatic carbocycles. The summed E-state index contributed by atoms with van der Waals surface area (Å²) in [6.45, 7) is 7.29. The summed E-state index contributed by atoms with van der Waals surface area (Å²) in [5.41, 5.74) is 6.43. The van der Waals surface area contributed by atoms with Gasteiger partial charge in [-0.15, -0.1) is 0 Å². The molecule has 0 aromatic heterocycles. The molecule has 138 valence electrons. The largest absolute Gasteiger partial charge is 0.351 e. The van der Waals surface area contributed by atoms with Gasteiger partial charge in [0.05, 0.1) is 6.04 Å². The lowest BCUT2D eigenvalue weighted by Gasteiger charge is -2.22. The van der Waals surface area contributed by atoms with Gasteiger partial charge in [0.25, 0.3) is 0 Å². The van der Waals surface area contributed by atoms with E-state index in [2.05, 4.69) is 10.6 Å². The number of rotatable bonds is 8. The van der Waals surface area contributed by atoms with E-state index < -0.39 is 12.1 Å². The van der Waals surface area contributed by atoms with Crippen molar-refractivity contribution in [2.75, 3.05) is 0 Å². The summed E-state index contributed by atoms with van der Waals surface area (Å²) in [4.78, 5) is 36.0. The van der Waals surface area contributed by atoms with Crippen molar-refractivity contribution in [3.63, 3.8) is 0 Å². The number of amides is 2. The Bertz CT molecular complexity index is 594. The van der Waals surface area contributed by atoms with Crippen molar-refractivity contribution in [3.05, 3.63) is 35.9 Å². The Morgan fingerprint density at radius 2 is 1.60 bits per heavy atom. The molecule has 0 fully saturated rings. The third-order valence-corrected chi connectivity index (χ3v) is 3.49. The van der Waals surface area contributed by atoms with Crippen molar-refractivity contribution in [3.8, 4) is 0 Å². The van der Waals surface area contributed by atoms with Crippen molar-refractivity contribution < 1.29 is 14.4 Å². The van der Waals surface area contributed by atoms with E-state index >= 15 is 0 Å². The van der Waals surface area contributed by atoms with Crippen LogP contribution in [0.5, 0.6) is 0 Å². The Hall–Kier alpha value is -2.21. The van der Waals surface area contributed by atoms with Gasteiger partial charge in [0.1, 0.15) is 0 Å². The topological polar surface area (TPSA) is 101 Å². The normalized spacial score (nSPS) is 13.6. The molecule has 0 radical (unpaired) electrons. The van der Waals surface area contributed by atoms with Gasteiger partial charge in [0.15, 0.2) is 5.78 Å². The van der Waals surface area contributed by atoms with Crippen LogP contribution in [0.3, 0.4) is 0 Å². The van der Waals surface area contributed by atoms with Gasteiger partial charge in [0, 0.05) is 30.8 Å². The molecule has 2 atom stereocenters. The Morgan fingerprint density at radius 1 is 1.04 bits per heavy atom. The molecule has 0 unspecified atom stereocenters. The minimum absolute atomic E-state index is 0.000516. The van der Waals surface area contributed by atoms with Crippen LogP contribution >= 0.6 is 0 Å². The highest BCUT2D eigenvalue weighted by Gasteiger charge is 2.20. The van der Waals surface area contributed by atoms with E-state index in [0.29, 0.717) is 0 Å². The number of hydrogen-bond acceptors (Lipinski definition) is 4. The van der Waals surface area contributed by atoms with E-state index in [1.54, 1.807) is 6.92 Å². The number of Topliss-reactive ketones (excluding diaryl/α,β-unsaturated/α-hetero) is 1. The first-order valence-electron chi connectivity index (χ1n) is 8.49. The quantitative estimate of drug-likeness (QED) is 0.660. The summed E-state index contributed by atoms with van der Waals surface area (Å²) in [5, 5.41) is 5.46. The lowest BCUT2D eigenvalue weighted by Crippen LogP contribution is -2.45. The van der Waals surface area contributed by atoms with E-state index in [1.807, 2.05) is 51.1 Å². The average Bonchev–Trinajstić information content (AvgIpc) is 2.45. The summed E-state index contributed by atoms with van der Waals surface area (Å²) in [6.07, 6.45) is 0.333. The molecule has 6 heteroatoms. The van der Waals surface area contributed by atoms with E-state index in [9.17, 15) is 14.4 Å². The van der Waals surface area contributed by atoms with Crippen LogP contribution < -0.4 is 16.4 Å². The first-order valence-corrected chi connectivity index (χ1v) is 8.49. The van der Waals surface area contributed by atoms with Crippen molar-refractivity contribution >= 4 is 17.6 Å². The molecule has 1 aromatic rings. The summed E-state index contributed by atoms with van der Waals surface area (Å²) in [5.74, 6) is -0.593. The molecule has 0 bridgehead atoms. The monoisotopic (exact) mass is 347 g/mol. The highest BCUT2D eigenvalue weighted by Crippen LogP contribution is 2.04. The molecule has 0 heterocycles. The van der Waals surface area contributed by atoms with Gasteiger partial charge in [-0.05, 0) is 33.3 Å². The maximum Gasteiger partial charge on any atom is 0.222 e. The maximum atomic E-state index is 12.2. The van der Waals surface area contributed by atoms with Gasteiger partial charge in [-0.3, -0.25) is 14.4 Å². The fourth-order valence-corrected chi connectivity index (χ4v) is 2.35. The minimum atomic E-state index is -0.594. The standard InChI is InChI=1S/C19H29N3O3/c1-13(16(23)10-14-8-6-5-7-9-14)21-17(24)11-15(20)12-18(25)22-19(2,3)4/h5-9,13,15H,10-12,20H2,1-4H3,(H,21,24)(H,22,25)/t13-,15+/m0/s1. The Labute approximate surface area is 149 Å². The van der Waals surface area contributed by atoms with Crippen molar-refractivity contribution in [1.29, 1.82) is 0 Å². The lowest BCUT2D eigenvalue weighted by atomic mass is 10.0. The molecule has 2 amide bonds. The van der Waals surface area contributed by atoms with Crippen molar-refractivity contribution in [2.45, 2.75) is 64.6 Å². The van der Waals surface area contributed by atoms with Gasteiger partial charge in [-0.1, -0.05) is 30.3 Å². The number of ketones is 1. The molecule has 1 aromatic carbocycles. The molecule has 0 aliphatic heterocycles. The van der Waals surface area contributed by atoms with E-state index in [4.69, 9.17) is 5.73 Å². The average molecular weight is 347 g/mol. The zero-order valence-corrected chi connectivity index (χ0v) is 15.5. The number of carbonyl (C=O) groups excluding carboxylic acids is 3. The molecule has 0 saturated carbocycles. The van der Waals surface area contributed by atoms with Crippen LogP contribution in [0, 0.1) is 0 Å². The molecule has 6 nitrogen and oxygen atoms in total. The van der Waals surface area contributed by atoms with Crippen LogP contribution in [0.15, 0.2) is 30.3 Å². The third kappa shape index (κ3) is 9.00. The van der Waals surface area contributed by atoms with Crippen LogP contribution in [-0.2, 0) is 20.8 Å². The Kier molecular flexibility index (Phi) is 7.77. The van der Waals surface area contributed by atoms with Crippen LogP contribution in [-0.4, -0.2) is 35.2 Å². The smallest absolute Gasteiger partial charge is 0.222 e. The number of benzene rings is 1. The number of hydrogen-bond donors (Lipinski definition) is 3. The van der Waals surface area contributed by atoms with Gasteiger partial charge in [-0.2, -0.15) is 0 Å². The van der Waals surface area contributed by atoms with Crippen LogP contribution in [0.4, 0.5) is 0 Å². The van der Waals surface area contributed by atoms with Crippen LogP contribution in [0.25, 0.3) is 0 Å². The van der Waals surface area contributed by atoms with Crippen LogP contribution in [0.2, 0.25) is 0 Å². The fourth-order valence-electron chi connectivity index (χ4n) is 2.35. The highest BCUT2D eigenvalue weighted by atomic mass is 16.2. The second-order valence-electron chi connectivity index (χ2n) is 7.38. The van der Waals surface area contributed by atoms with E-state index in [-0.39, 0.29) is 42.4 Å². The fraction of sp³-hybridized carbons (Fsp3) is 0.526. The van der Waals surface area contributed by atoms with Gasteiger partial charge < -0.3 is 16.4 Å². The molecule has 1 rings (SSSR count). The predicted molar refractivity (Wildman–Crippen MR) is 97.9 cm³/mol. The zero-order valence-electron chi connectivity index (χ0n) is 15.5. The Morgan fingerprint density at radius 3 is 2.16 bits per heavy atom. The first-order chi connectivity index (χ1) is 11.6. The van der Waals surface area contributed by atoms with Crippen molar-refractivity contribution in [2.24, 2.45) is 5.73 Å². The van der Waals surface area contributed by atoms with E-state index in [1.165, 1.54) is 0 Å². The van der Waals surface area contributed by atoms with Crippen molar-refractivity contribution in [1.82, 2.24) is 10.6 Å².